The first-order valence-electron chi connectivity index (χ1n) is 9.54. The van der Waals surface area contributed by atoms with Crippen molar-refractivity contribution in [3.05, 3.63) is 58.1 Å². The van der Waals surface area contributed by atoms with Gasteiger partial charge in [0.05, 0.1) is 6.54 Å². The van der Waals surface area contributed by atoms with E-state index >= 15 is 0 Å². The third kappa shape index (κ3) is 6.50. The molecule has 10 heteroatoms. The summed E-state index contributed by atoms with van der Waals surface area (Å²) in [7, 11) is 0. The van der Waals surface area contributed by atoms with Crippen LogP contribution in [0, 0.1) is 6.92 Å². The molecule has 1 aromatic heterocycles. The van der Waals surface area contributed by atoms with Crippen LogP contribution in [0.15, 0.2) is 46.5 Å². The fourth-order valence-corrected chi connectivity index (χ4v) is 2.74. The molecule has 0 aliphatic carbocycles. The summed E-state index contributed by atoms with van der Waals surface area (Å²) in [4.78, 5) is 34.0. The molecule has 0 atom stereocenters. The number of aromatic nitrogens is 2. The number of guanidine groups is 1. The molecule has 2 rings (SSSR count). The minimum absolute atomic E-state index is 0.106. The molecular formula is C20H29N7O3. The molecule has 0 saturated heterocycles. The van der Waals surface area contributed by atoms with Crippen molar-refractivity contribution in [3.8, 4) is 0 Å². The van der Waals surface area contributed by atoms with Gasteiger partial charge in [-0.25, -0.2) is 4.98 Å². The molecule has 0 spiro atoms. The van der Waals surface area contributed by atoms with Crippen LogP contribution in [-0.2, 0) is 21.6 Å². The van der Waals surface area contributed by atoms with Gasteiger partial charge in [0.25, 0.3) is 5.56 Å². The Kier molecular flexibility index (Phi) is 7.79. The zero-order chi connectivity index (χ0) is 22.1. The highest BCUT2D eigenvalue weighted by Gasteiger charge is 2.21. The molecule has 1 amide bonds. The zero-order valence-electron chi connectivity index (χ0n) is 17.5. The van der Waals surface area contributed by atoms with Gasteiger partial charge in [0, 0.05) is 23.9 Å². The third-order valence-electron chi connectivity index (χ3n) is 4.49. The van der Waals surface area contributed by atoms with Gasteiger partial charge >= 0.3 is 0 Å². The molecule has 30 heavy (non-hydrogen) atoms. The Morgan fingerprint density at radius 1 is 1.27 bits per heavy atom. The Hall–Kier alpha value is -3.56. The number of aryl methyl sites for hydroxylation is 1. The van der Waals surface area contributed by atoms with Crippen LogP contribution in [0.2, 0.25) is 0 Å². The summed E-state index contributed by atoms with van der Waals surface area (Å²) in [5.74, 6) is -0.334. The van der Waals surface area contributed by atoms with Crippen LogP contribution in [0.1, 0.15) is 25.1 Å². The summed E-state index contributed by atoms with van der Waals surface area (Å²) in [5.41, 5.74) is 11.4. The Bertz CT molecular complexity index is 935. The van der Waals surface area contributed by atoms with Gasteiger partial charge in [-0.1, -0.05) is 44.2 Å². The molecule has 0 saturated carbocycles. The van der Waals surface area contributed by atoms with Crippen LogP contribution in [0.3, 0.4) is 0 Å². The van der Waals surface area contributed by atoms with Crippen molar-refractivity contribution >= 4 is 17.7 Å². The van der Waals surface area contributed by atoms with E-state index in [1.807, 2.05) is 30.3 Å². The van der Waals surface area contributed by atoms with Gasteiger partial charge in [-0.2, -0.15) is 0 Å². The SMILES string of the molecule is Cc1cnc(NCC(C)(C)c2ccccc2)c(=O)n1CC(=O)NCCON=C(N)N. The molecule has 1 heterocycles. The molecule has 162 valence electrons. The van der Waals surface area contributed by atoms with Crippen molar-refractivity contribution in [2.75, 3.05) is 25.0 Å². The lowest BCUT2D eigenvalue weighted by atomic mass is 9.85. The minimum atomic E-state index is -0.356. The lowest BCUT2D eigenvalue weighted by molar-refractivity contribution is -0.122. The summed E-state index contributed by atoms with van der Waals surface area (Å²) >= 11 is 0. The number of hydrogen-bond acceptors (Lipinski definition) is 6. The van der Waals surface area contributed by atoms with Crippen LogP contribution in [-0.4, -0.2) is 41.1 Å². The zero-order valence-corrected chi connectivity index (χ0v) is 17.5. The largest absolute Gasteiger partial charge is 0.391 e. The van der Waals surface area contributed by atoms with E-state index in [0.717, 1.165) is 5.56 Å². The number of anilines is 1. The summed E-state index contributed by atoms with van der Waals surface area (Å²) in [5, 5.41) is 9.13. The van der Waals surface area contributed by atoms with Crippen molar-refractivity contribution in [2.24, 2.45) is 16.6 Å². The molecule has 2 aromatic rings. The van der Waals surface area contributed by atoms with Gasteiger partial charge in [-0.05, 0) is 17.6 Å². The monoisotopic (exact) mass is 415 g/mol. The standard InChI is InChI=1S/C20H29N7O3/c1-14-11-24-17(25-13-20(2,3)15-7-5-4-6-8-15)18(29)27(14)12-16(28)23-9-10-30-26-19(21)22/h4-8,11H,9-10,12-13H2,1-3H3,(H,23,28)(H,24,25)(H4,21,22,26). The normalized spacial score (nSPS) is 10.9. The van der Waals surface area contributed by atoms with E-state index in [4.69, 9.17) is 16.3 Å². The number of hydrogen-bond donors (Lipinski definition) is 4. The van der Waals surface area contributed by atoms with Gasteiger partial charge < -0.3 is 26.9 Å². The average molecular weight is 415 g/mol. The first-order chi connectivity index (χ1) is 14.2. The highest BCUT2D eigenvalue weighted by molar-refractivity contribution is 5.76. The molecule has 0 bridgehead atoms. The van der Waals surface area contributed by atoms with Crippen molar-refractivity contribution in [1.82, 2.24) is 14.9 Å². The highest BCUT2D eigenvalue weighted by atomic mass is 16.6. The number of carbonyl (C=O) groups is 1. The van der Waals surface area contributed by atoms with Crippen molar-refractivity contribution in [1.29, 1.82) is 0 Å². The number of nitrogens with one attached hydrogen (secondary N) is 2. The second kappa shape index (κ2) is 10.3. The Labute approximate surface area is 175 Å². The maximum Gasteiger partial charge on any atom is 0.293 e. The number of oxime groups is 1. The summed E-state index contributed by atoms with van der Waals surface area (Å²) in [6.45, 7) is 6.57. The van der Waals surface area contributed by atoms with Gasteiger partial charge in [-0.15, -0.1) is 0 Å². The molecule has 10 nitrogen and oxygen atoms in total. The number of amides is 1. The Balaban J connectivity index is 2.00. The van der Waals surface area contributed by atoms with E-state index in [9.17, 15) is 9.59 Å². The van der Waals surface area contributed by atoms with E-state index < -0.39 is 0 Å². The number of carbonyl (C=O) groups excluding carboxylic acids is 1. The minimum Gasteiger partial charge on any atom is -0.391 e. The first-order valence-corrected chi connectivity index (χ1v) is 9.54. The van der Waals surface area contributed by atoms with Gasteiger partial charge in [0.15, 0.2) is 5.82 Å². The average Bonchev–Trinajstić information content (AvgIpc) is 2.70. The Morgan fingerprint density at radius 2 is 1.97 bits per heavy atom. The molecule has 0 unspecified atom stereocenters. The van der Waals surface area contributed by atoms with Gasteiger partial charge in [0.2, 0.25) is 11.9 Å². The second-order valence-corrected chi connectivity index (χ2v) is 7.44. The highest BCUT2D eigenvalue weighted by Crippen LogP contribution is 2.22. The second-order valence-electron chi connectivity index (χ2n) is 7.44. The molecule has 6 N–H and O–H groups in total. The molecule has 1 aromatic carbocycles. The quantitative estimate of drug-likeness (QED) is 0.188. The maximum absolute atomic E-state index is 12.8. The molecule has 0 radical (unpaired) electrons. The smallest absolute Gasteiger partial charge is 0.293 e. The number of rotatable bonds is 10. The van der Waals surface area contributed by atoms with E-state index in [0.29, 0.717) is 12.2 Å². The van der Waals surface area contributed by atoms with Gasteiger partial charge in [0.1, 0.15) is 13.2 Å². The molecule has 0 fully saturated rings. The van der Waals surface area contributed by atoms with Crippen LogP contribution in [0.25, 0.3) is 0 Å². The van der Waals surface area contributed by atoms with E-state index in [2.05, 4.69) is 34.6 Å². The fourth-order valence-electron chi connectivity index (χ4n) is 2.74. The number of nitrogens with zero attached hydrogens (tertiary/aromatic N) is 3. The van der Waals surface area contributed by atoms with Crippen LogP contribution in [0.4, 0.5) is 5.82 Å². The first kappa shape index (κ1) is 22.7. The Morgan fingerprint density at radius 3 is 2.63 bits per heavy atom. The van der Waals surface area contributed by atoms with Crippen molar-refractivity contribution < 1.29 is 9.63 Å². The van der Waals surface area contributed by atoms with Crippen LogP contribution in [0.5, 0.6) is 0 Å². The summed E-state index contributed by atoms with van der Waals surface area (Å²) < 4.78 is 1.37. The predicted molar refractivity (Wildman–Crippen MR) is 116 cm³/mol. The lowest BCUT2D eigenvalue weighted by Crippen LogP contribution is -2.37. The number of benzene rings is 1. The lowest BCUT2D eigenvalue weighted by Gasteiger charge is -2.26. The van der Waals surface area contributed by atoms with Crippen molar-refractivity contribution in [2.45, 2.75) is 32.7 Å². The maximum atomic E-state index is 12.8. The third-order valence-corrected chi connectivity index (χ3v) is 4.49. The van der Waals surface area contributed by atoms with Crippen molar-refractivity contribution in [3.63, 3.8) is 0 Å². The summed E-state index contributed by atoms with van der Waals surface area (Å²) in [6.07, 6.45) is 1.56. The molecular weight excluding hydrogens is 386 g/mol. The summed E-state index contributed by atoms with van der Waals surface area (Å²) in [6, 6.07) is 10.0. The topological polar surface area (TPSA) is 150 Å². The van der Waals surface area contributed by atoms with Gasteiger partial charge in [-0.3, -0.25) is 14.2 Å². The number of nitrogens with two attached hydrogens (primary N) is 2. The van der Waals surface area contributed by atoms with E-state index in [1.165, 1.54) is 4.57 Å². The fraction of sp³-hybridized carbons (Fsp3) is 0.400. The van der Waals surface area contributed by atoms with E-state index in [1.54, 1.807) is 13.1 Å². The predicted octanol–water partition coefficient (Wildman–Crippen LogP) is 0.263. The van der Waals surface area contributed by atoms with E-state index in [-0.39, 0.29) is 48.4 Å². The molecule has 0 aliphatic heterocycles. The molecule has 0 aliphatic rings. The van der Waals surface area contributed by atoms with Crippen LogP contribution >= 0.6 is 0 Å². The van der Waals surface area contributed by atoms with Crippen LogP contribution < -0.4 is 27.7 Å².